The second-order valence-corrected chi connectivity index (χ2v) is 6.93. The summed E-state index contributed by atoms with van der Waals surface area (Å²) in [5.74, 6) is 0.138. The van der Waals surface area contributed by atoms with Gasteiger partial charge < -0.3 is 10.2 Å². The summed E-state index contributed by atoms with van der Waals surface area (Å²) in [6, 6.07) is 4.44. The van der Waals surface area contributed by atoms with Crippen molar-refractivity contribution in [1.29, 1.82) is 0 Å². The largest absolute Gasteiger partial charge is 0.348 e. The summed E-state index contributed by atoms with van der Waals surface area (Å²) < 4.78 is 16.1. The predicted molar refractivity (Wildman–Crippen MR) is 94.3 cm³/mol. The highest BCUT2D eigenvalue weighted by Crippen LogP contribution is 2.22. The van der Waals surface area contributed by atoms with Crippen molar-refractivity contribution in [2.24, 2.45) is 5.92 Å². The number of aromatic amines is 1. The van der Waals surface area contributed by atoms with Gasteiger partial charge in [-0.3, -0.25) is 0 Å². The molecule has 9 heteroatoms. The molecule has 7 nitrogen and oxygen atoms in total. The zero-order chi connectivity index (χ0) is 18.0. The Morgan fingerprint density at radius 3 is 3.04 bits per heavy atom. The highest BCUT2D eigenvalue weighted by atomic mass is 79.9. The summed E-state index contributed by atoms with van der Waals surface area (Å²) in [4.78, 5) is 25.8. The number of aromatic nitrogens is 3. The first-order valence-corrected chi connectivity index (χ1v) is 8.93. The maximum Gasteiger partial charge on any atom is 0.348 e. The van der Waals surface area contributed by atoms with Crippen molar-refractivity contribution >= 4 is 22.0 Å². The van der Waals surface area contributed by atoms with E-state index in [9.17, 15) is 14.0 Å². The Labute approximate surface area is 152 Å². The van der Waals surface area contributed by atoms with Crippen LogP contribution >= 0.6 is 15.9 Å². The SMILES string of the molecule is CCNC(=O)N1CC[C@@H](Cc2n[nH]c(=O)n2-c2ccc(Br)cc2F)C1. The summed E-state index contributed by atoms with van der Waals surface area (Å²) in [7, 11) is 0. The standard InChI is InChI=1S/C16H19BrFN5O2/c1-2-19-15(24)22-6-5-10(9-22)7-14-20-21-16(25)23(14)13-4-3-11(17)8-12(13)18/h3-4,8,10H,2,5-7,9H2,1H3,(H,19,24)(H,21,25)/t10-/m0/s1. The molecule has 2 N–H and O–H groups in total. The van der Waals surface area contributed by atoms with Gasteiger partial charge in [-0.05, 0) is 37.5 Å². The molecule has 1 saturated heterocycles. The van der Waals surface area contributed by atoms with Crippen LogP contribution in [0.1, 0.15) is 19.2 Å². The van der Waals surface area contributed by atoms with Crippen molar-refractivity contribution in [2.75, 3.05) is 19.6 Å². The third kappa shape index (κ3) is 3.76. The van der Waals surface area contributed by atoms with Gasteiger partial charge in [0.05, 0.1) is 5.69 Å². The minimum atomic E-state index is -0.505. The Balaban J connectivity index is 1.79. The van der Waals surface area contributed by atoms with Crippen molar-refractivity contribution in [2.45, 2.75) is 19.8 Å². The van der Waals surface area contributed by atoms with Gasteiger partial charge in [-0.15, -0.1) is 0 Å². The van der Waals surface area contributed by atoms with Gasteiger partial charge in [-0.25, -0.2) is 23.6 Å². The molecule has 1 aliphatic heterocycles. The van der Waals surface area contributed by atoms with Gasteiger partial charge in [0.15, 0.2) is 0 Å². The molecule has 2 amide bonds. The molecule has 0 spiro atoms. The topological polar surface area (TPSA) is 83.0 Å². The van der Waals surface area contributed by atoms with Crippen LogP contribution in [-0.4, -0.2) is 45.3 Å². The highest BCUT2D eigenvalue weighted by Gasteiger charge is 2.28. The molecule has 0 saturated carbocycles. The molecule has 1 atom stereocenters. The van der Waals surface area contributed by atoms with Crippen LogP contribution in [0, 0.1) is 11.7 Å². The van der Waals surface area contributed by atoms with E-state index in [4.69, 9.17) is 0 Å². The van der Waals surface area contributed by atoms with Crippen molar-refractivity contribution in [1.82, 2.24) is 25.0 Å². The van der Waals surface area contributed by atoms with E-state index in [2.05, 4.69) is 31.4 Å². The fourth-order valence-electron chi connectivity index (χ4n) is 3.08. The molecule has 0 radical (unpaired) electrons. The van der Waals surface area contributed by atoms with Gasteiger partial charge in [0.25, 0.3) is 0 Å². The number of rotatable bonds is 4. The first kappa shape index (κ1) is 17.7. The number of carbonyl (C=O) groups is 1. The van der Waals surface area contributed by atoms with E-state index < -0.39 is 11.5 Å². The van der Waals surface area contributed by atoms with E-state index in [-0.39, 0.29) is 17.6 Å². The molecule has 0 bridgehead atoms. The number of nitrogens with zero attached hydrogens (tertiary/aromatic N) is 3. The highest BCUT2D eigenvalue weighted by molar-refractivity contribution is 9.10. The molecule has 134 valence electrons. The average molecular weight is 412 g/mol. The fraction of sp³-hybridized carbons (Fsp3) is 0.438. The van der Waals surface area contributed by atoms with E-state index in [0.717, 1.165) is 6.42 Å². The monoisotopic (exact) mass is 411 g/mol. The number of H-pyrrole nitrogens is 1. The second-order valence-electron chi connectivity index (χ2n) is 6.02. The van der Waals surface area contributed by atoms with Crippen LogP contribution in [0.3, 0.4) is 0 Å². The van der Waals surface area contributed by atoms with Crippen LogP contribution < -0.4 is 11.0 Å². The van der Waals surface area contributed by atoms with Crippen molar-refractivity contribution in [3.8, 4) is 5.69 Å². The normalized spacial score (nSPS) is 17.1. The van der Waals surface area contributed by atoms with E-state index in [1.807, 2.05) is 6.92 Å². The van der Waals surface area contributed by atoms with E-state index >= 15 is 0 Å². The number of urea groups is 1. The Bertz CT molecular complexity index is 834. The number of hydrogen-bond acceptors (Lipinski definition) is 3. The van der Waals surface area contributed by atoms with Crippen LogP contribution in [0.2, 0.25) is 0 Å². The molecule has 1 aromatic carbocycles. The molecule has 0 unspecified atom stereocenters. The molecule has 2 aromatic rings. The van der Waals surface area contributed by atoms with Crippen molar-refractivity contribution in [3.63, 3.8) is 0 Å². The second kappa shape index (κ2) is 7.38. The lowest BCUT2D eigenvalue weighted by Gasteiger charge is -2.16. The summed E-state index contributed by atoms with van der Waals surface area (Å²) in [5, 5.41) is 9.23. The lowest BCUT2D eigenvalue weighted by atomic mass is 10.0. The maximum atomic E-state index is 14.2. The van der Waals surface area contributed by atoms with Crippen molar-refractivity contribution in [3.05, 3.63) is 44.8 Å². The van der Waals surface area contributed by atoms with E-state index in [0.29, 0.717) is 36.4 Å². The van der Waals surface area contributed by atoms with Crippen LogP contribution in [0.5, 0.6) is 0 Å². The van der Waals surface area contributed by atoms with E-state index in [1.165, 1.54) is 16.7 Å². The third-order valence-electron chi connectivity index (χ3n) is 4.26. The van der Waals surface area contributed by atoms with Crippen LogP contribution in [0.4, 0.5) is 9.18 Å². The minimum Gasteiger partial charge on any atom is -0.338 e. The molecule has 1 fully saturated rings. The van der Waals surface area contributed by atoms with Crippen LogP contribution in [-0.2, 0) is 6.42 Å². The first-order valence-electron chi connectivity index (χ1n) is 8.14. The number of halogens is 2. The number of benzene rings is 1. The zero-order valence-corrected chi connectivity index (χ0v) is 15.3. The molecule has 25 heavy (non-hydrogen) atoms. The lowest BCUT2D eigenvalue weighted by Crippen LogP contribution is -2.38. The average Bonchev–Trinajstić information content (AvgIpc) is 3.16. The number of amides is 2. The number of hydrogen-bond donors (Lipinski definition) is 2. The molecule has 3 rings (SSSR count). The van der Waals surface area contributed by atoms with Gasteiger partial charge in [-0.1, -0.05) is 15.9 Å². The van der Waals surface area contributed by atoms with Gasteiger partial charge >= 0.3 is 11.7 Å². The molecule has 2 heterocycles. The Morgan fingerprint density at radius 1 is 1.52 bits per heavy atom. The minimum absolute atomic E-state index is 0.0802. The zero-order valence-electron chi connectivity index (χ0n) is 13.8. The number of likely N-dealkylation sites (tertiary alicyclic amines) is 1. The number of nitrogens with one attached hydrogen (secondary N) is 2. The predicted octanol–water partition coefficient (Wildman–Crippen LogP) is 2.06. The quantitative estimate of drug-likeness (QED) is 0.807. The Hall–Kier alpha value is -2.16. The van der Waals surface area contributed by atoms with E-state index in [1.54, 1.807) is 11.0 Å². The fourth-order valence-corrected chi connectivity index (χ4v) is 3.42. The smallest absolute Gasteiger partial charge is 0.338 e. The summed E-state index contributed by atoms with van der Waals surface area (Å²) in [6.45, 7) is 3.72. The van der Waals surface area contributed by atoms with Gasteiger partial charge in [0.2, 0.25) is 0 Å². The number of carbonyl (C=O) groups excluding carboxylic acids is 1. The summed E-state index contributed by atoms with van der Waals surface area (Å²) >= 11 is 3.21. The van der Waals surface area contributed by atoms with Gasteiger partial charge in [-0.2, -0.15) is 5.10 Å². The van der Waals surface area contributed by atoms with Crippen LogP contribution in [0.15, 0.2) is 27.5 Å². The van der Waals surface area contributed by atoms with Crippen LogP contribution in [0.25, 0.3) is 5.69 Å². The van der Waals surface area contributed by atoms with Gasteiger partial charge in [0, 0.05) is 30.5 Å². The maximum absolute atomic E-state index is 14.2. The Morgan fingerprint density at radius 2 is 2.32 bits per heavy atom. The summed E-state index contributed by atoms with van der Waals surface area (Å²) in [5.41, 5.74) is -0.315. The first-order chi connectivity index (χ1) is 12.0. The molecular formula is C16H19BrFN5O2. The molecular weight excluding hydrogens is 393 g/mol. The molecule has 1 aromatic heterocycles. The summed E-state index contributed by atoms with van der Waals surface area (Å²) in [6.07, 6.45) is 1.31. The lowest BCUT2D eigenvalue weighted by molar-refractivity contribution is 0.207. The van der Waals surface area contributed by atoms with Gasteiger partial charge in [0.1, 0.15) is 11.6 Å². The molecule has 0 aliphatic carbocycles. The Kier molecular flexibility index (Phi) is 5.22. The third-order valence-corrected chi connectivity index (χ3v) is 4.76. The molecule has 1 aliphatic rings. The van der Waals surface area contributed by atoms with Crippen molar-refractivity contribution < 1.29 is 9.18 Å².